The summed E-state index contributed by atoms with van der Waals surface area (Å²) in [6, 6.07) is 0. The van der Waals surface area contributed by atoms with E-state index in [1.165, 1.54) is 121 Å². The highest BCUT2D eigenvalue weighted by Crippen LogP contribution is 2.26. The highest BCUT2D eigenvalue weighted by atomic mass is 16.7. The van der Waals surface area contributed by atoms with Gasteiger partial charge in [-0.2, -0.15) is 4.65 Å². The van der Waals surface area contributed by atoms with Crippen LogP contribution in [0.1, 0.15) is 126 Å². The standard InChI is InChI=1S/C26H58N2O/c1-8-14-20-27(21-15-9-2,22-16-10-3)26(7)29-28(23-17-11-4,24-18-12-5)25-19-13-6/h26H,8-25H2,1-7H3/q+2. The minimum absolute atomic E-state index is 0.296. The van der Waals surface area contributed by atoms with Crippen LogP contribution in [0.15, 0.2) is 0 Å². The van der Waals surface area contributed by atoms with Gasteiger partial charge in [0.2, 0.25) is 6.23 Å². The molecular formula is C26H58N2O+2. The van der Waals surface area contributed by atoms with Gasteiger partial charge in [0.05, 0.1) is 19.6 Å². The number of hydrogen-bond donors (Lipinski definition) is 0. The molecule has 0 aliphatic rings. The van der Waals surface area contributed by atoms with Crippen molar-refractivity contribution < 1.29 is 14.0 Å². The third-order valence-corrected chi connectivity index (χ3v) is 6.78. The normalized spacial score (nSPS) is 13.8. The van der Waals surface area contributed by atoms with Crippen molar-refractivity contribution in [3.05, 3.63) is 0 Å². The van der Waals surface area contributed by atoms with Crippen molar-refractivity contribution in [2.24, 2.45) is 0 Å². The number of quaternary nitrogens is 2. The zero-order chi connectivity index (χ0) is 22.0. The van der Waals surface area contributed by atoms with Crippen LogP contribution >= 0.6 is 0 Å². The fraction of sp³-hybridized carbons (Fsp3) is 1.00. The van der Waals surface area contributed by atoms with E-state index in [0.29, 0.717) is 6.23 Å². The zero-order valence-electron chi connectivity index (χ0n) is 21.6. The van der Waals surface area contributed by atoms with Crippen LogP contribution in [0.25, 0.3) is 0 Å². The van der Waals surface area contributed by atoms with E-state index in [2.05, 4.69) is 48.5 Å². The molecule has 1 unspecified atom stereocenters. The maximum absolute atomic E-state index is 7.21. The highest BCUT2D eigenvalue weighted by Gasteiger charge is 2.41. The minimum atomic E-state index is 0.296. The van der Waals surface area contributed by atoms with E-state index in [1.807, 2.05) is 0 Å². The Kier molecular flexibility index (Phi) is 17.5. The molecule has 176 valence electrons. The van der Waals surface area contributed by atoms with E-state index in [-0.39, 0.29) is 0 Å². The molecule has 0 amide bonds. The Bertz CT molecular complexity index is 315. The summed E-state index contributed by atoms with van der Waals surface area (Å²) in [6.45, 7) is 23.8. The van der Waals surface area contributed by atoms with Crippen molar-refractivity contribution in [3.63, 3.8) is 0 Å². The summed E-state index contributed by atoms with van der Waals surface area (Å²) in [5, 5.41) is 0. The maximum Gasteiger partial charge on any atom is 0.242 e. The molecule has 29 heavy (non-hydrogen) atoms. The summed E-state index contributed by atoms with van der Waals surface area (Å²) in [7, 11) is 0. The van der Waals surface area contributed by atoms with Crippen LogP contribution in [0.2, 0.25) is 0 Å². The second-order valence-electron chi connectivity index (χ2n) is 9.44. The topological polar surface area (TPSA) is 9.23 Å². The average Bonchev–Trinajstić information content (AvgIpc) is 2.74. The fourth-order valence-corrected chi connectivity index (χ4v) is 4.56. The van der Waals surface area contributed by atoms with Crippen LogP contribution in [0.5, 0.6) is 0 Å². The monoisotopic (exact) mass is 414 g/mol. The SMILES string of the molecule is CCCC[N+](CCCC)(CCCC)OC(C)[N+](CCCC)(CCCC)CCCC. The van der Waals surface area contributed by atoms with Crippen molar-refractivity contribution in [2.45, 2.75) is 132 Å². The van der Waals surface area contributed by atoms with Gasteiger partial charge in [-0.3, -0.25) is 4.48 Å². The molecule has 3 heteroatoms. The first-order chi connectivity index (χ1) is 14.0. The first kappa shape index (κ1) is 28.9. The van der Waals surface area contributed by atoms with Gasteiger partial charge in [0.25, 0.3) is 0 Å². The highest BCUT2D eigenvalue weighted by molar-refractivity contribution is 4.51. The van der Waals surface area contributed by atoms with E-state index in [9.17, 15) is 0 Å². The summed E-state index contributed by atoms with van der Waals surface area (Å²) >= 11 is 0. The van der Waals surface area contributed by atoms with Crippen molar-refractivity contribution >= 4 is 0 Å². The lowest BCUT2D eigenvalue weighted by atomic mass is 10.1. The molecule has 0 heterocycles. The van der Waals surface area contributed by atoms with Crippen LogP contribution < -0.4 is 0 Å². The molecular weight excluding hydrogens is 356 g/mol. The van der Waals surface area contributed by atoms with Crippen molar-refractivity contribution in [1.29, 1.82) is 0 Å². The molecule has 0 aromatic heterocycles. The van der Waals surface area contributed by atoms with E-state index in [1.54, 1.807) is 0 Å². The van der Waals surface area contributed by atoms with Gasteiger partial charge in [0, 0.05) is 6.92 Å². The lowest BCUT2D eigenvalue weighted by Gasteiger charge is -2.47. The van der Waals surface area contributed by atoms with Crippen molar-refractivity contribution in [2.75, 3.05) is 39.3 Å². The van der Waals surface area contributed by atoms with E-state index < -0.39 is 0 Å². The van der Waals surface area contributed by atoms with Crippen LogP contribution in [0.3, 0.4) is 0 Å². The first-order valence-corrected chi connectivity index (χ1v) is 13.4. The van der Waals surface area contributed by atoms with Gasteiger partial charge < -0.3 is 0 Å². The van der Waals surface area contributed by atoms with Crippen LogP contribution in [0.4, 0.5) is 0 Å². The van der Waals surface area contributed by atoms with Crippen molar-refractivity contribution in [3.8, 4) is 0 Å². The molecule has 0 aromatic rings. The van der Waals surface area contributed by atoms with Crippen LogP contribution in [-0.2, 0) is 4.84 Å². The molecule has 0 saturated carbocycles. The third-order valence-electron chi connectivity index (χ3n) is 6.78. The molecule has 1 atom stereocenters. The summed E-state index contributed by atoms with van der Waals surface area (Å²) < 4.78 is 2.08. The summed E-state index contributed by atoms with van der Waals surface area (Å²) in [5.41, 5.74) is 0. The van der Waals surface area contributed by atoms with Gasteiger partial charge in [-0.05, 0) is 38.5 Å². The van der Waals surface area contributed by atoms with E-state index in [4.69, 9.17) is 4.84 Å². The molecule has 0 fully saturated rings. The van der Waals surface area contributed by atoms with Gasteiger partial charge in [0.1, 0.15) is 19.6 Å². The predicted octanol–water partition coefficient (Wildman–Crippen LogP) is 7.70. The molecule has 0 bridgehead atoms. The molecule has 0 aliphatic heterocycles. The Hall–Kier alpha value is -0.120. The van der Waals surface area contributed by atoms with Gasteiger partial charge in [-0.15, -0.1) is 4.84 Å². The summed E-state index contributed by atoms with van der Waals surface area (Å²) in [5.74, 6) is 0. The molecule has 0 radical (unpaired) electrons. The van der Waals surface area contributed by atoms with Gasteiger partial charge in [-0.25, -0.2) is 0 Å². The van der Waals surface area contributed by atoms with E-state index in [0.717, 1.165) is 4.65 Å². The predicted molar refractivity (Wildman–Crippen MR) is 130 cm³/mol. The average molecular weight is 415 g/mol. The molecule has 0 aliphatic carbocycles. The number of hydroxylamine groups is 3. The molecule has 0 N–H and O–H groups in total. The van der Waals surface area contributed by atoms with Crippen molar-refractivity contribution in [1.82, 2.24) is 0 Å². The Labute approximate surface area is 185 Å². The number of hydrogen-bond acceptors (Lipinski definition) is 1. The fourth-order valence-electron chi connectivity index (χ4n) is 4.56. The van der Waals surface area contributed by atoms with Gasteiger partial charge in [0.15, 0.2) is 0 Å². The van der Waals surface area contributed by atoms with Crippen LogP contribution in [0, 0.1) is 0 Å². The van der Waals surface area contributed by atoms with Gasteiger partial charge >= 0.3 is 0 Å². The Morgan fingerprint density at radius 3 is 1.03 bits per heavy atom. The molecule has 0 aromatic carbocycles. The largest absolute Gasteiger partial charge is 0.295 e. The lowest BCUT2D eigenvalue weighted by molar-refractivity contribution is -1.15. The number of unbranched alkanes of at least 4 members (excludes halogenated alkanes) is 6. The van der Waals surface area contributed by atoms with Crippen LogP contribution in [-0.4, -0.2) is 54.6 Å². The lowest BCUT2D eigenvalue weighted by Crippen LogP contribution is -2.62. The van der Waals surface area contributed by atoms with Gasteiger partial charge in [-0.1, -0.05) is 80.1 Å². The quantitative estimate of drug-likeness (QED) is 0.106. The molecule has 3 nitrogen and oxygen atoms in total. The summed E-state index contributed by atoms with van der Waals surface area (Å²) in [6.07, 6.45) is 15.7. The minimum Gasteiger partial charge on any atom is -0.295 e. The molecule has 0 rings (SSSR count). The second kappa shape index (κ2) is 17.5. The number of rotatable bonds is 21. The molecule has 0 saturated heterocycles. The Morgan fingerprint density at radius 1 is 0.483 bits per heavy atom. The number of nitrogens with zero attached hydrogens (tertiary/aromatic N) is 2. The second-order valence-corrected chi connectivity index (χ2v) is 9.44. The zero-order valence-corrected chi connectivity index (χ0v) is 21.6. The smallest absolute Gasteiger partial charge is 0.242 e. The van der Waals surface area contributed by atoms with E-state index >= 15 is 0 Å². The maximum atomic E-state index is 7.21. The Balaban J connectivity index is 5.71. The summed E-state index contributed by atoms with van der Waals surface area (Å²) in [4.78, 5) is 7.21. The Morgan fingerprint density at radius 2 is 0.759 bits per heavy atom. The third kappa shape index (κ3) is 11.2. The first-order valence-electron chi connectivity index (χ1n) is 13.4. The molecule has 0 spiro atoms.